The van der Waals surface area contributed by atoms with Crippen molar-refractivity contribution >= 4 is 28.5 Å². The molecule has 0 saturated heterocycles. The van der Waals surface area contributed by atoms with E-state index in [-0.39, 0.29) is 11.7 Å². The third-order valence-corrected chi connectivity index (χ3v) is 3.96. The molecule has 0 unspecified atom stereocenters. The summed E-state index contributed by atoms with van der Waals surface area (Å²) in [6.45, 7) is 0. The molecule has 0 radical (unpaired) electrons. The number of fused-ring (bicyclic) bond motifs is 1. The highest BCUT2D eigenvalue weighted by Crippen LogP contribution is 2.28. The summed E-state index contributed by atoms with van der Waals surface area (Å²) >= 11 is 0. The predicted molar refractivity (Wildman–Crippen MR) is 78.4 cm³/mol. The lowest BCUT2D eigenvalue weighted by molar-refractivity contribution is -0.117. The number of furan rings is 1. The topological polar surface area (TPSA) is 79.5 Å². The van der Waals surface area contributed by atoms with Crippen LogP contribution in [0.1, 0.15) is 42.7 Å². The van der Waals surface area contributed by atoms with E-state index in [4.69, 9.17) is 9.52 Å². The first-order valence-electron chi connectivity index (χ1n) is 7.18. The summed E-state index contributed by atoms with van der Waals surface area (Å²) in [5.74, 6) is -0.679. The van der Waals surface area contributed by atoms with Crippen LogP contribution in [0.15, 0.2) is 28.7 Å². The molecule has 1 aliphatic rings. The van der Waals surface area contributed by atoms with Crippen molar-refractivity contribution in [2.45, 2.75) is 32.1 Å². The van der Waals surface area contributed by atoms with Crippen LogP contribution < -0.4 is 5.32 Å². The van der Waals surface area contributed by atoms with Crippen LogP contribution in [0, 0.1) is 5.92 Å². The highest BCUT2D eigenvalue weighted by molar-refractivity contribution is 5.96. The minimum absolute atomic E-state index is 0.0169. The Labute approximate surface area is 121 Å². The van der Waals surface area contributed by atoms with Crippen molar-refractivity contribution in [1.82, 2.24) is 0 Å². The Morgan fingerprint density at radius 1 is 1.24 bits per heavy atom. The molecular formula is C16H17NO4. The minimum Gasteiger partial charge on any atom is -0.475 e. The number of hydrogen-bond acceptors (Lipinski definition) is 3. The Balaban J connectivity index is 1.71. The highest BCUT2D eigenvalue weighted by Gasteiger charge is 2.18. The van der Waals surface area contributed by atoms with Crippen LogP contribution in [0.3, 0.4) is 0 Å². The van der Waals surface area contributed by atoms with Crippen molar-refractivity contribution in [2.24, 2.45) is 5.92 Å². The van der Waals surface area contributed by atoms with E-state index in [1.807, 2.05) is 0 Å². The molecule has 5 nitrogen and oxygen atoms in total. The molecule has 1 heterocycles. The zero-order valence-electron chi connectivity index (χ0n) is 11.6. The Morgan fingerprint density at radius 2 is 2.00 bits per heavy atom. The molecule has 2 aromatic rings. The number of hydrogen-bond donors (Lipinski definition) is 2. The van der Waals surface area contributed by atoms with E-state index >= 15 is 0 Å². The molecule has 110 valence electrons. The molecule has 3 rings (SSSR count). The molecule has 21 heavy (non-hydrogen) atoms. The number of carbonyl (C=O) groups is 2. The van der Waals surface area contributed by atoms with E-state index in [0.717, 1.165) is 12.8 Å². The van der Waals surface area contributed by atoms with Gasteiger partial charge in [0.15, 0.2) is 0 Å². The van der Waals surface area contributed by atoms with Crippen LogP contribution in [-0.4, -0.2) is 17.0 Å². The molecule has 0 aliphatic heterocycles. The Hall–Kier alpha value is -2.30. The lowest BCUT2D eigenvalue weighted by Gasteiger charge is -2.09. The summed E-state index contributed by atoms with van der Waals surface area (Å²) in [6, 6.07) is 6.60. The number of rotatable bonds is 4. The number of nitrogens with one attached hydrogen (secondary N) is 1. The molecule has 1 saturated carbocycles. The molecular weight excluding hydrogens is 270 g/mol. The lowest BCUT2D eigenvalue weighted by atomic mass is 10.0. The Bertz CT molecular complexity index is 683. The van der Waals surface area contributed by atoms with Crippen molar-refractivity contribution in [2.75, 3.05) is 5.32 Å². The van der Waals surface area contributed by atoms with E-state index in [1.165, 1.54) is 18.9 Å². The number of carboxylic acids is 1. The second-order valence-electron chi connectivity index (χ2n) is 5.57. The quantitative estimate of drug-likeness (QED) is 0.899. The maximum Gasteiger partial charge on any atom is 0.371 e. The number of anilines is 1. The zero-order chi connectivity index (χ0) is 14.8. The first-order valence-corrected chi connectivity index (χ1v) is 7.18. The van der Waals surface area contributed by atoms with Crippen molar-refractivity contribution in [3.05, 3.63) is 30.0 Å². The van der Waals surface area contributed by atoms with Crippen LogP contribution in [0.5, 0.6) is 0 Å². The fraction of sp³-hybridized carbons (Fsp3) is 0.375. The summed E-state index contributed by atoms with van der Waals surface area (Å²) in [7, 11) is 0. The normalized spacial score (nSPS) is 15.4. The van der Waals surface area contributed by atoms with Gasteiger partial charge in [-0.2, -0.15) is 0 Å². The van der Waals surface area contributed by atoms with E-state index < -0.39 is 5.97 Å². The number of aromatic carboxylic acids is 1. The minimum atomic E-state index is -1.10. The number of carboxylic acid groups (broad SMARTS) is 1. The fourth-order valence-electron chi connectivity index (χ4n) is 2.92. The van der Waals surface area contributed by atoms with Gasteiger partial charge in [-0.15, -0.1) is 0 Å². The molecule has 0 bridgehead atoms. The summed E-state index contributed by atoms with van der Waals surface area (Å²) in [4.78, 5) is 22.9. The molecule has 1 aromatic carbocycles. The molecule has 2 N–H and O–H groups in total. The molecule has 0 spiro atoms. The number of amides is 1. The van der Waals surface area contributed by atoms with Crippen LogP contribution in [0.2, 0.25) is 0 Å². The van der Waals surface area contributed by atoms with Crippen LogP contribution in [0.4, 0.5) is 5.69 Å². The van der Waals surface area contributed by atoms with Crippen molar-refractivity contribution < 1.29 is 19.1 Å². The standard InChI is InChI=1S/C16H17NO4/c18-15(7-10-3-1-2-4-10)17-12-5-6-13-11(8-12)9-14(21-13)16(19)20/h5-6,8-10H,1-4,7H2,(H,17,18)(H,19,20). The van der Waals surface area contributed by atoms with Crippen molar-refractivity contribution in [1.29, 1.82) is 0 Å². The zero-order valence-corrected chi connectivity index (χ0v) is 11.6. The van der Waals surface area contributed by atoms with Gasteiger partial charge in [0.1, 0.15) is 5.58 Å². The SMILES string of the molecule is O=C(CC1CCCC1)Nc1ccc2oc(C(=O)O)cc2c1. The number of benzene rings is 1. The molecule has 0 atom stereocenters. The third kappa shape index (κ3) is 3.07. The summed E-state index contributed by atoms with van der Waals surface area (Å²) < 4.78 is 5.18. The monoisotopic (exact) mass is 287 g/mol. The average Bonchev–Trinajstić information content (AvgIpc) is 3.06. The Morgan fingerprint density at radius 3 is 2.71 bits per heavy atom. The first kappa shape index (κ1) is 13.7. The van der Waals surface area contributed by atoms with Gasteiger partial charge in [-0.3, -0.25) is 4.79 Å². The van der Waals surface area contributed by atoms with Gasteiger partial charge < -0.3 is 14.8 Å². The van der Waals surface area contributed by atoms with Crippen molar-refractivity contribution in [3.8, 4) is 0 Å². The van der Waals surface area contributed by atoms with Crippen molar-refractivity contribution in [3.63, 3.8) is 0 Å². The highest BCUT2D eigenvalue weighted by atomic mass is 16.4. The first-order chi connectivity index (χ1) is 10.1. The van der Waals surface area contributed by atoms with Gasteiger partial charge in [0.05, 0.1) is 0 Å². The van der Waals surface area contributed by atoms with Gasteiger partial charge in [-0.1, -0.05) is 12.8 Å². The molecule has 1 fully saturated rings. The predicted octanol–water partition coefficient (Wildman–Crippen LogP) is 3.65. The van der Waals surface area contributed by atoms with Gasteiger partial charge >= 0.3 is 5.97 Å². The lowest BCUT2D eigenvalue weighted by Crippen LogP contribution is -2.14. The molecule has 1 amide bonds. The van der Waals surface area contributed by atoms with Gasteiger partial charge in [0.2, 0.25) is 11.7 Å². The third-order valence-electron chi connectivity index (χ3n) is 3.96. The second kappa shape index (κ2) is 5.60. The van der Waals surface area contributed by atoms with Gasteiger partial charge in [0, 0.05) is 17.5 Å². The van der Waals surface area contributed by atoms with Crippen LogP contribution in [0.25, 0.3) is 11.0 Å². The van der Waals surface area contributed by atoms with Gasteiger partial charge in [-0.05, 0) is 43.0 Å². The van der Waals surface area contributed by atoms with Crippen LogP contribution >= 0.6 is 0 Å². The Kier molecular flexibility index (Phi) is 3.64. The fourth-order valence-corrected chi connectivity index (χ4v) is 2.92. The van der Waals surface area contributed by atoms with E-state index in [2.05, 4.69) is 5.32 Å². The smallest absolute Gasteiger partial charge is 0.371 e. The molecule has 1 aromatic heterocycles. The summed E-state index contributed by atoms with van der Waals surface area (Å²) in [6.07, 6.45) is 5.27. The van der Waals surface area contributed by atoms with E-state index in [9.17, 15) is 9.59 Å². The largest absolute Gasteiger partial charge is 0.475 e. The average molecular weight is 287 g/mol. The van der Waals surface area contributed by atoms with Gasteiger partial charge in [0.25, 0.3) is 0 Å². The number of carbonyl (C=O) groups excluding carboxylic acids is 1. The van der Waals surface area contributed by atoms with E-state index in [0.29, 0.717) is 29.0 Å². The van der Waals surface area contributed by atoms with Gasteiger partial charge in [-0.25, -0.2) is 4.79 Å². The molecule has 1 aliphatic carbocycles. The maximum atomic E-state index is 12.0. The summed E-state index contributed by atoms with van der Waals surface area (Å²) in [5, 5.41) is 12.4. The summed E-state index contributed by atoms with van der Waals surface area (Å²) in [5.41, 5.74) is 1.17. The van der Waals surface area contributed by atoms with E-state index in [1.54, 1.807) is 18.2 Å². The maximum absolute atomic E-state index is 12.0. The van der Waals surface area contributed by atoms with Crippen LogP contribution in [-0.2, 0) is 4.79 Å². The molecule has 5 heteroatoms. The second-order valence-corrected chi connectivity index (χ2v) is 5.57.